The maximum absolute atomic E-state index is 12.5. The molecule has 1 fully saturated rings. The van der Waals surface area contributed by atoms with Crippen LogP contribution in [0.3, 0.4) is 0 Å². The van der Waals surface area contributed by atoms with Crippen molar-refractivity contribution in [2.45, 2.75) is 6.42 Å². The minimum absolute atomic E-state index is 0.0552. The molecular weight excluding hydrogens is 248 g/mol. The molecule has 1 heterocycles. The first kappa shape index (κ1) is 12.4. The van der Waals surface area contributed by atoms with Gasteiger partial charge in [0.1, 0.15) is 0 Å². The number of amides is 1. The maximum Gasteiger partial charge on any atom is 0.254 e. The minimum Gasteiger partial charge on any atom is -0.338 e. The SMILES string of the molecule is N#Cc1ccccc1-c1ccccc1C(=O)N1CCC1. The Hall–Kier alpha value is -2.60. The van der Waals surface area contributed by atoms with Gasteiger partial charge >= 0.3 is 0 Å². The summed E-state index contributed by atoms with van der Waals surface area (Å²) in [6, 6.07) is 17.1. The maximum atomic E-state index is 12.5. The molecule has 0 saturated carbocycles. The van der Waals surface area contributed by atoms with Crippen molar-refractivity contribution in [1.29, 1.82) is 5.26 Å². The predicted octanol–water partition coefficient (Wildman–Crippen LogP) is 3.07. The third-order valence-electron chi connectivity index (χ3n) is 3.64. The summed E-state index contributed by atoms with van der Waals surface area (Å²) in [6.45, 7) is 1.65. The minimum atomic E-state index is 0.0552. The molecule has 0 unspecified atom stereocenters. The van der Waals surface area contributed by atoms with Crippen LogP contribution in [0.5, 0.6) is 0 Å². The number of benzene rings is 2. The molecule has 20 heavy (non-hydrogen) atoms. The lowest BCUT2D eigenvalue weighted by atomic mass is 9.94. The van der Waals surface area contributed by atoms with Crippen LogP contribution in [0.15, 0.2) is 48.5 Å². The molecule has 1 aliphatic rings. The van der Waals surface area contributed by atoms with Crippen LogP contribution in [0, 0.1) is 11.3 Å². The van der Waals surface area contributed by atoms with Gasteiger partial charge in [-0.3, -0.25) is 4.79 Å². The highest BCUT2D eigenvalue weighted by Crippen LogP contribution is 2.28. The second-order valence-corrected chi connectivity index (χ2v) is 4.85. The third-order valence-corrected chi connectivity index (χ3v) is 3.64. The van der Waals surface area contributed by atoms with Crippen LogP contribution < -0.4 is 0 Å². The fourth-order valence-corrected chi connectivity index (χ4v) is 2.41. The van der Waals surface area contributed by atoms with Crippen molar-refractivity contribution < 1.29 is 4.79 Å². The number of hydrogen-bond acceptors (Lipinski definition) is 2. The number of carbonyl (C=O) groups excluding carboxylic acids is 1. The lowest BCUT2D eigenvalue weighted by Gasteiger charge is -2.31. The first-order valence-electron chi connectivity index (χ1n) is 6.69. The summed E-state index contributed by atoms with van der Waals surface area (Å²) in [4.78, 5) is 14.3. The molecule has 1 saturated heterocycles. The molecule has 0 radical (unpaired) electrons. The lowest BCUT2D eigenvalue weighted by molar-refractivity contribution is 0.0652. The Balaban J connectivity index is 2.10. The van der Waals surface area contributed by atoms with E-state index in [2.05, 4.69) is 6.07 Å². The number of nitrogens with zero attached hydrogens (tertiary/aromatic N) is 2. The first-order chi connectivity index (χ1) is 9.81. The summed E-state index contributed by atoms with van der Waals surface area (Å²) in [6.07, 6.45) is 1.07. The molecule has 1 amide bonds. The Labute approximate surface area is 118 Å². The molecule has 98 valence electrons. The molecule has 0 aliphatic carbocycles. The zero-order valence-electron chi connectivity index (χ0n) is 11.0. The number of likely N-dealkylation sites (tertiary alicyclic amines) is 1. The van der Waals surface area contributed by atoms with Crippen LogP contribution in [-0.4, -0.2) is 23.9 Å². The van der Waals surface area contributed by atoms with Gasteiger partial charge in [-0.05, 0) is 24.1 Å². The Kier molecular flexibility index (Phi) is 3.22. The largest absolute Gasteiger partial charge is 0.338 e. The average Bonchev–Trinajstić information content (AvgIpc) is 2.45. The summed E-state index contributed by atoms with van der Waals surface area (Å²) in [5.74, 6) is 0.0552. The van der Waals surface area contributed by atoms with Crippen LogP contribution in [0.1, 0.15) is 22.3 Å². The molecule has 2 aromatic rings. The van der Waals surface area contributed by atoms with E-state index in [1.165, 1.54) is 0 Å². The van der Waals surface area contributed by atoms with Crippen molar-refractivity contribution in [2.24, 2.45) is 0 Å². The molecule has 0 atom stereocenters. The Morgan fingerprint density at radius 2 is 1.65 bits per heavy atom. The quantitative estimate of drug-likeness (QED) is 0.834. The molecule has 0 aromatic heterocycles. The Morgan fingerprint density at radius 3 is 2.30 bits per heavy atom. The molecule has 0 bridgehead atoms. The van der Waals surface area contributed by atoms with Gasteiger partial charge in [-0.25, -0.2) is 0 Å². The summed E-state index contributed by atoms with van der Waals surface area (Å²) < 4.78 is 0. The summed E-state index contributed by atoms with van der Waals surface area (Å²) in [7, 11) is 0. The zero-order chi connectivity index (χ0) is 13.9. The highest BCUT2D eigenvalue weighted by molar-refractivity contribution is 6.01. The molecule has 3 rings (SSSR count). The molecule has 3 nitrogen and oxygen atoms in total. The standard InChI is InChI=1S/C17H14N2O/c18-12-13-6-1-2-7-14(13)15-8-3-4-9-16(15)17(20)19-10-5-11-19/h1-4,6-9H,5,10-11H2. The molecule has 1 aliphatic heterocycles. The van der Waals surface area contributed by atoms with Gasteiger partial charge in [0.25, 0.3) is 5.91 Å². The van der Waals surface area contributed by atoms with Crippen molar-refractivity contribution in [3.05, 3.63) is 59.7 Å². The van der Waals surface area contributed by atoms with Gasteiger partial charge in [0.15, 0.2) is 0 Å². The number of hydrogen-bond donors (Lipinski definition) is 0. The van der Waals surface area contributed by atoms with Crippen LogP contribution in [0.4, 0.5) is 0 Å². The number of nitriles is 1. The van der Waals surface area contributed by atoms with E-state index in [1.54, 1.807) is 6.07 Å². The van der Waals surface area contributed by atoms with Crippen LogP contribution in [0.25, 0.3) is 11.1 Å². The molecule has 0 spiro atoms. The fraction of sp³-hybridized carbons (Fsp3) is 0.176. The first-order valence-corrected chi connectivity index (χ1v) is 6.69. The van der Waals surface area contributed by atoms with E-state index in [9.17, 15) is 10.1 Å². The van der Waals surface area contributed by atoms with E-state index < -0.39 is 0 Å². The molecule has 3 heteroatoms. The number of carbonyl (C=O) groups is 1. The smallest absolute Gasteiger partial charge is 0.254 e. The summed E-state index contributed by atoms with van der Waals surface area (Å²) >= 11 is 0. The third kappa shape index (κ3) is 2.06. The van der Waals surface area contributed by atoms with Crippen molar-refractivity contribution in [3.8, 4) is 17.2 Å². The van der Waals surface area contributed by atoms with E-state index >= 15 is 0 Å². The van der Waals surface area contributed by atoms with Crippen molar-refractivity contribution in [1.82, 2.24) is 4.90 Å². The van der Waals surface area contributed by atoms with E-state index in [0.29, 0.717) is 11.1 Å². The second kappa shape index (κ2) is 5.18. The summed E-state index contributed by atoms with van der Waals surface area (Å²) in [5.41, 5.74) is 2.92. The average molecular weight is 262 g/mol. The fourth-order valence-electron chi connectivity index (χ4n) is 2.41. The van der Waals surface area contributed by atoms with Crippen LogP contribution in [0.2, 0.25) is 0 Å². The van der Waals surface area contributed by atoms with Crippen molar-refractivity contribution >= 4 is 5.91 Å². The number of rotatable bonds is 2. The summed E-state index contributed by atoms with van der Waals surface area (Å²) in [5, 5.41) is 9.23. The van der Waals surface area contributed by atoms with Crippen LogP contribution in [-0.2, 0) is 0 Å². The van der Waals surface area contributed by atoms with Gasteiger partial charge in [0.2, 0.25) is 0 Å². The molecule has 0 N–H and O–H groups in total. The second-order valence-electron chi connectivity index (χ2n) is 4.85. The highest BCUT2D eigenvalue weighted by atomic mass is 16.2. The molecule has 2 aromatic carbocycles. The van der Waals surface area contributed by atoms with Crippen molar-refractivity contribution in [3.63, 3.8) is 0 Å². The van der Waals surface area contributed by atoms with Gasteiger partial charge in [0.05, 0.1) is 11.6 Å². The highest BCUT2D eigenvalue weighted by Gasteiger charge is 2.24. The van der Waals surface area contributed by atoms with Crippen molar-refractivity contribution in [2.75, 3.05) is 13.1 Å². The zero-order valence-corrected chi connectivity index (χ0v) is 11.0. The Morgan fingerprint density at radius 1 is 1.00 bits per heavy atom. The lowest BCUT2D eigenvalue weighted by Crippen LogP contribution is -2.42. The monoisotopic (exact) mass is 262 g/mol. The van der Waals surface area contributed by atoms with Gasteiger partial charge in [0, 0.05) is 24.2 Å². The van der Waals surface area contributed by atoms with E-state index in [-0.39, 0.29) is 5.91 Å². The van der Waals surface area contributed by atoms with E-state index in [0.717, 1.165) is 30.6 Å². The van der Waals surface area contributed by atoms with Gasteiger partial charge in [-0.1, -0.05) is 36.4 Å². The molecular formula is C17H14N2O. The predicted molar refractivity (Wildman–Crippen MR) is 77.1 cm³/mol. The van der Waals surface area contributed by atoms with E-state index in [1.807, 2.05) is 47.4 Å². The van der Waals surface area contributed by atoms with Gasteiger partial charge in [-0.15, -0.1) is 0 Å². The van der Waals surface area contributed by atoms with E-state index in [4.69, 9.17) is 0 Å². The van der Waals surface area contributed by atoms with Gasteiger partial charge in [-0.2, -0.15) is 5.26 Å². The normalized spacial score (nSPS) is 13.4. The Bertz CT molecular complexity index is 696. The van der Waals surface area contributed by atoms with Crippen LogP contribution >= 0.6 is 0 Å². The topological polar surface area (TPSA) is 44.1 Å². The van der Waals surface area contributed by atoms with Gasteiger partial charge < -0.3 is 4.90 Å².